The van der Waals surface area contributed by atoms with Crippen molar-refractivity contribution < 1.29 is 18.3 Å². The van der Waals surface area contributed by atoms with E-state index in [0.29, 0.717) is 13.0 Å². The second kappa shape index (κ2) is 10.7. The summed E-state index contributed by atoms with van der Waals surface area (Å²) in [7, 11) is -4.64. The lowest BCUT2D eigenvalue weighted by Crippen LogP contribution is -2.40. The van der Waals surface area contributed by atoms with Crippen LogP contribution in [0.5, 0.6) is 0 Å². The van der Waals surface area contributed by atoms with Crippen LogP contribution in [0.4, 0.5) is 10.5 Å². The van der Waals surface area contributed by atoms with Gasteiger partial charge in [0.2, 0.25) is 0 Å². The highest BCUT2D eigenvalue weighted by Gasteiger charge is 2.27. The van der Waals surface area contributed by atoms with Gasteiger partial charge < -0.3 is 10.4 Å². The van der Waals surface area contributed by atoms with Gasteiger partial charge in [-0.05, 0) is 86.0 Å². The monoisotopic (exact) mass is 539 g/mol. The molecule has 37 heavy (non-hydrogen) atoms. The molecule has 0 saturated heterocycles. The Morgan fingerprint density at radius 3 is 2.32 bits per heavy atom. The Labute approximate surface area is 221 Å². The Morgan fingerprint density at radius 1 is 1.03 bits per heavy atom. The first-order valence-corrected chi connectivity index (χ1v) is 15.0. The molecule has 1 atom stereocenters. The molecule has 196 valence electrons. The predicted molar refractivity (Wildman–Crippen MR) is 150 cm³/mol. The molecule has 3 aromatic carbocycles. The third-order valence-corrected chi connectivity index (χ3v) is 10.2. The van der Waals surface area contributed by atoms with Crippen LogP contribution in [0.15, 0.2) is 86.4 Å². The average Bonchev–Trinajstić information content (AvgIpc) is 3.22. The van der Waals surface area contributed by atoms with Gasteiger partial charge in [0.05, 0.1) is 21.2 Å². The lowest BCUT2D eigenvalue weighted by Gasteiger charge is -2.22. The fraction of sp³-hybridized carbons (Fsp3) is 0.286. The highest BCUT2D eigenvalue weighted by atomic mass is 32.2. The van der Waals surface area contributed by atoms with Gasteiger partial charge in [0.1, 0.15) is 0 Å². The van der Waals surface area contributed by atoms with Gasteiger partial charge in [0, 0.05) is 11.4 Å². The van der Waals surface area contributed by atoms with Crippen molar-refractivity contribution in [1.29, 1.82) is 0 Å². The van der Waals surface area contributed by atoms with Gasteiger partial charge in [-0.15, -0.1) is 0 Å². The Hall–Kier alpha value is -3.14. The van der Waals surface area contributed by atoms with Crippen molar-refractivity contribution in [1.82, 2.24) is 10.0 Å². The number of fused-ring (bicyclic) bond motifs is 1. The number of hydrogen-bond donors (Lipinski definition) is 4. The van der Waals surface area contributed by atoms with E-state index in [1.54, 1.807) is 26.0 Å². The largest absolute Gasteiger partial charge is 0.386 e. The highest BCUT2D eigenvalue weighted by molar-refractivity contribution is 8.30. The van der Waals surface area contributed by atoms with Crippen LogP contribution in [0.2, 0.25) is 0 Å². The number of nitrogens with one attached hydrogen (secondary N) is 2. The maximum atomic E-state index is 12.4. The van der Waals surface area contributed by atoms with E-state index in [2.05, 4.69) is 35.2 Å². The number of aryl methyl sites for hydroxylation is 1. The van der Waals surface area contributed by atoms with E-state index in [1.807, 2.05) is 31.2 Å². The van der Waals surface area contributed by atoms with E-state index in [0.717, 1.165) is 33.8 Å². The summed E-state index contributed by atoms with van der Waals surface area (Å²) in [4.78, 5) is 19.5. The summed E-state index contributed by atoms with van der Waals surface area (Å²) in [5.41, 5.74) is 2.83. The quantitative estimate of drug-likeness (QED) is 0.290. The van der Waals surface area contributed by atoms with Crippen molar-refractivity contribution in [3.8, 4) is 0 Å². The summed E-state index contributed by atoms with van der Waals surface area (Å²) in [6.45, 7) is 7.82. The average molecular weight is 540 g/mol. The Morgan fingerprint density at radius 2 is 1.70 bits per heavy atom. The lowest BCUT2D eigenvalue weighted by molar-refractivity contribution is 0.0786. The van der Waals surface area contributed by atoms with Crippen LogP contribution in [-0.4, -0.2) is 31.1 Å². The molecule has 0 saturated carbocycles. The number of carbonyl (C=O) groups is 1. The van der Waals surface area contributed by atoms with Gasteiger partial charge in [-0.3, -0.25) is 0 Å². The van der Waals surface area contributed by atoms with E-state index < -0.39 is 32.6 Å². The van der Waals surface area contributed by atoms with E-state index in [9.17, 15) is 18.3 Å². The van der Waals surface area contributed by atoms with Crippen molar-refractivity contribution in [2.24, 2.45) is 4.99 Å². The molecule has 1 aliphatic rings. The summed E-state index contributed by atoms with van der Waals surface area (Å²) in [5.74, 6) is 0. The van der Waals surface area contributed by atoms with Crippen LogP contribution in [-0.2, 0) is 22.0 Å². The molecule has 0 fully saturated rings. The third-order valence-electron chi connectivity index (χ3n) is 6.20. The first-order chi connectivity index (χ1) is 17.5. The second-order valence-corrected chi connectivity index (χ2v) is 13.4. The maximum Gasteiger partial charge on any atom is 0.328 e. The van der Waals surface area contributed by atoms with Crippen molar-refractivity contribution in [3.63, 3.8) is 0 Å². The number of hydrogen-bond acceptors (Lipinski definition) is 5. The molecule has 2 amide bonds. The minimum atomic E-state index is -3.91. The van der Waals surface area contributed by atoms with Crippen LogP contribution in [0.1, 0.15) is 43.9 Å². The van der Waals surface area contributed by atoms with Crippen molar-refractivity contribution in [3.05, 3.63) is 83.4 Å². The zero-order valence-corrected chi connectivity index (χ0v) is 23.2. The van der Waals surface area contributed by atoms with E-state index >= 15 is 0 Å². The number of rotatable bonds is 8. The lowest BCUT2D eigenvalue weighted by atomic mass is 9.98. The molecule has 4 rings (SSSR count). The van der Waals surface area contributed by atoms with E-state index in [-0.39, 0.29) is 4.90 Å². The summed E-state index contributed by atoms with van der Waals surface area (Å²) < 4.78 is 26.8. The van der Waals surface area contributed by atoms with Crippen LogP contribution >= 0.6 is 10.9 Å². The molecule has 0 aliphatic carbocycles. The first kappa shape index (κ1) is 26.9. The Balaban J connectivity index is 1.37. The third kappa shape index (κ3) is 6.23. The number of sulfonamides is 1. The number of thiol groups is 1. The van der Waals surface area contributed by atoms with Crippen molar-refractivity contribution in [2.75, 3.05) is 6.54 Å². The molecule has 0 bridgehead atoms. The molecule has 0 radical (unpaired) electrons. The van der Waals surface area contributed by atoms with Crippen LogP contribution in [0, 0.1) is 6.92 Å². The number of nitrogens with zero attached hydrogens (tertiary/aromatic N) is 1. The Kier molecular flexibility index (Phi) is 7.77. The van der Waals surface area contributed by atoms with Gasteiger partial charge in [0.15, 0.2) is 0 Å². The molecule has 1 aliphatic heterocycles. The molecule has 3 aromatic rings. The van der Waals surface area contributed by atoms with Gasteiger partial charge in [-0.25, -0.2) is 22.9 Å². The van der Waals surface area contributed by atoms with Gasteiger partial charge in [-0.2, -0.15) is 10.9 Å². The molecule has 9 heteroatoms. The standard InChI is InChI=1S/C28H33N3O4S2/c1-5-26-30-24-18-21(28(3,4)33)10-15-25(24)36(26)22-11-8-20(9-12-22)16-17-29-27(32)31-37(34,35)23-13-6-19(2)7-14-23/h6-15,18,33,36H,5,16-17H2,1-4H3,(H2,29,31,32). The number of carbonyl (C=O) groups excluding carboxylic acids is 1. The van der Waals surface area contributed by atoms with Crippen LogP contribution in [0.25, 0.3) is 0 Å². The highest BCUT2D eigenvalue weighted by Crippen LogP contribution is 2.56. The van der Waals surface area contributed by atoms with Gasteiger partial charge in [-0.1, -0.05) is 42.8 Å². The van der Waals surface area contributed by atoms with E-state index in [1.165, 1.54) is 21.9 Å². The normalized spacial score (nSPS) is 16.1. The topological polar surface area (TPSA) is 108 Å². The fourth-order valence-corrected chi connectivity index (χ4v) is 7.42. The maximum absolute atomic E-state index is 12.4. The summed E-state index contributed by atoms with van der Waals surface area (Å²) in [6, 6.07) is 19.9. The Bertz CT molecular complexity index is 1430. The number of amides is 2. The minimum Gasteiger partial charge on any atom is -0.386 e. The second-order valence-electron chi connectivity index (χ2n) is 9.57. The fourth-order valence-electron chi connectivity index (χ4n) is 4.10. The molecular weight excluding hydrogens is 506 g/mol. The predicted octanol–water partition coefficient (Wildman–Crippen LogP) is 5.33. The zero-order chi connectivity index (χ0) is 26.8. The van der Waals surface area contributed by atoms with Gasteiger partial charge in [0.25, 0.3) is 10.0 Å². The summed E-state index contributed by atoms with van der Waals surface area (Å²) in [6.07, 6.45) is 1.42. The zero-order valence-electron chi connectivity index (χ0n) is 21.4. The van der Waals surface area contributed by atoms with Crippen LogP contribution < -0.4 is 10.0 Å². The molecule has 3 N–H and O–H groups in total. The summed E-state index contributed by atoms with van der Waals surface area (Å²) >= 11 is 0. The number of aliphatic hydroxyl groups is 1. The number of benzene rings is 3. The molecule has 0 aromatic heterocycles. The van der Waals surface area contributed by atoms with E-state index in [4.69, 9.17) is 4.99 Å². The number of urea groups is 1. The SMILES string of the molecule is CCC1=Nc2cc(C(C)(C)O)ccc2[SH]1c1ccc(CCNC(=O)NS(=O)(=O)c2ccc(C)cc2)cc1. The van der Waals surface area contributed by atoms with Crippen molar-refractivity contribution >= 4 is 37.7 Å². The first-order valence-electron chi connectivity index (χ1n) is 12.2. The van der Waals surface area contributed by atoms with Crippen LogP contribution in [0.3, 0.4) is 0 Å². The summed E-state index contributed by atoms with van der Waals surface area (Å²) in [5, 5.41) is 14.1. The molecule has 0 spiro atoms. The molecule has 1 heterocycles. The minimum absolute atomic E-state index is 0.0468. The van der Waals surface area contributed by atoms with Gasteiger partial charge >= 0.3 is 6.03 Å². The molecule has 1 unspecified atom stereocenters. The van der Waals surface area contributed by atoms with Crippen molar-refractivity contribution in [2.45, 2.75) is 60.8 Å². The molecule has 7 nitrogen and oxygen atoms in total. The number of aliphatic imine (C=N–C) groups is 1. The molecular formula is C28H33N3O4S2. The smallest absolute Gasteiger partial charge is 0.328 e.